The highest BCUT2D eigenvalue weighted by atomic mass is 16.5. The number of aryl methyl sites for hydroxylation is 2. The quantitative estimate of drug-likeness (QED) is 0.894. The molecule has 0 spiro atoms. The molecule has 2 rings (SSSR count). The lowest BCUT2D eigenvalue weighted by atomic mass is 10.1. The monoisotopic (exact) mass is 257 g/mol. The normalized spacial score (nSPS) is 12.2. The van der Waals surface area contributed by atoms with Gasteiger partial charge < -0.3 is 9.84 Å². The van der Waals surface area contributed by atoms with Crippen LogP contribution in [0.4, 0.5) is 0 Å². The predicted molar refractivity (Wildman–Crippen MR) is 75.2 cm³/mol. The van der Waals surface area contributed by atoms with Crippen molar-refractivity contribution in [1.29, 1.82) is 0 Å². The Kier molecular flexibility index (Phi) is 4.53. The number of pyridine rings is 1. The SMILES string of the molecule is Cc1cccc(OCCC(O)c2ccc(C)nc2)c1. The van der Waals surface area contributed by atoms with Crippen molar-refractivity contribution >= 4 is 0 Å². The zero-order valence-electron chi connectivity index (χ0n) is 11.3. The maximum atomic E-state index is 10.0. The molecular formula is C16H19NO2. The minimum Gasteiger partial charge on any atom is -0.493 e. The van der Waals surface area contributed by atoms with E-state index in [1.807, 2.05) is 50.2 Å². The standard InChI is InChI=1S/C16H19NO2/c1-12-4-3-5-15(10-12)19-9-8-16(18)14-7-6-13(2)17-11-14/h3-7,10-11,16,18H,8-9H2,1-2H3. The molecule has 3 nitrogen and oxygen atoms in total. The molecule has 0 fully saturated rings. The molecule has 1 aromatic carbocycles. The average molecular weight is 257 g/mol. The van der Waals surface area contributed by atoms with Crippen LogP contribution in [0.2, 0.25) is 0 Å². The van der Waals surface area contributed by atoms with Gasteiger partial charge in [-0.25, -0.2) is 0 Å². The lowest BCUT2D eigenvalue weighted by Crippen LogP contribution is -2.06. The fourth-order valence-corrected chi connectivity index (χ4v) is 1.84. The van der Waals surface area contributed by atoms with E-state index in [1.54, 1.807) is 6.20 Å². The zero-order valence-corrected chi connectivity index (χ0v) is 11.3. The maximum absolute atomic E-state index is 10.0. The molecule has 1 heterocycles. The summed E-state index contributed by atoms with van der Waals surface area (Å²) in [7, 11) is 0. The Morgan fingerprint density at radius 3 is 2.74 bits per heavy atom. The van der Waals surface area contributed by atoms with Gasteiger partial charge in [-0.3, -0.25) is 4.98 Å². The highest BCUT2D eigenvalue weighted by Crippen LogP contribution is 2.17. The average Bonchev–Trinajstić information content (AvgIpc) is 2.39. The lowest BCUT2D eigenvalue weighted by molar-refractivity contribution is 0.140. The topological polar surface area (TPSA) is 42.4 Å². The van der Waals surface area contributed by atoms with Crippen molar-refractivity contribution in [3.05, 3.63) is 59.4 Å². The van der Waals surface area contributed by atoms with Crippen molar-refractivity contribution in [2.24, 2.45) is 0 Å². The molecule has 1 aromatic heterocycles. The minimum absolute atomic E-state index is 0.485. The molecule has 3 heteroatoms. The summed E-state index contributed by atoms with van der Waals surface area (Å²) in [6.45, 7) is 4.44. The molecule has 0 bridgehead atoms. The fraction of sp³-hybridized carbons (Fsp3) is 0.312. The third-order valence-electron chi connectivity index (χ3n) is 2.97. The number of aliphatic hydroxyl groups excluding tert-OH is 1. The van der Waals surface area contributed by atoms with Crippen LogP contribution < -0.4 is 4.74 Å². The number of ether oxygens (including phenoxy) is 1. The van der Waals surface area contributed by atoms with E-state index >= 15 is 0 Å². The van der Waals surface area contributed by atoms with Gasteiger partial charge in [0.05, 0.1) is 12.7 Å². The number of hydrogen-bond acceptors (Lipinski definition) is 3. The molecule has 0 aliphatic rings. The van der Waals surface area contributed by atoms with Gasteiger partial charge in [-0.05, 0) is 43.2 Å². The molecule has 1 N–H and O–H groups in total. The van der Waals surface area contributed by atoms with Crippen LogP contribution in [0.1, 0.15) is 29.3 Å². The number of hydrogen-bond donors (Lipinski definition) is 1. The van der Waals surface area contributed by atoms with E-state index in [2.05, 4.69) is 4.98 Å². The number of benzene rings is 1. The van der Waals surface area contributed by atoms with Crippen LogP contribution in [0.25, 0.3) is 0 Å². The van der Waals surface area contributed by atoms with E-state index in [9.17, 15) is 5.11 Å². The van der Waals surface area contributed by atoms with Crippen molar-refractivity contribution in [3.8, 4) is 5.75 Å². The van der Waals surface area contributed by atoms with E-state index in [1.165, 1.54) is 5.56 Å². The first kappa shape index (κ1) is 13.6. The molecule has 0 radical (unpaired) electrons. The van der Waals surface area contributed by atoms with Crippen LogP contribution in [0.3, 0.4) is 0 Å². The van der Waals surface area contributed by atoms with Gasteiger partial charge in [0, 0.05) is 18.3 Å². The van der Waals surface area contributed by atoms with Crippen LogP contribution in [-0.4, -0.2) is 16.7 Å². The van der Waals surface area contributed by atoms with Gasteiger partial charge in [0.15, 0.2) is 0 Å². The van der Waals surface area contributed by atoms with Crippen LogP contribution in [-0.2, 0) is 0 Å². The first-order chi connectivity index (χ1) is 9.15. The maximum Gasteiger partial charge on any atom is 0.119 e. The van der Waals surface area contributed by atoms with Gasteiger partial charge in [-0.2, -0.15) is 0 Å². The van der Waals surface area contributed by atoms with Crippen molar-refractivity contribution in [2.45, 2.75) is 26.4 Å². The van der Waals surface area contributed by atoms with Crippen molar-refractivity contribution in [2.75, 3.05) is 6.61 Å². The van der Waals surface area contributed by atoms with Crippen molar-refractivity contribution in [3.63, 3.8) is 0 Å². The van der Waals surface area contributed by atoms with Crippen LogP contribution >= 0.6 is 0 Å². The molecule has 100 valence electrons. The van der Waals surface area contributed by atoms with E-state index in [0.717, 1.165) is 17.0 Å². The summed E-state index contributed by atoms with van der Waals surface area (Å²) >= 11 is 0. The van der Waals surface area contributed by atoms with E-state index in [0.29, 0.717) is 13.0 Å². The smallest absolute Gasteiger partial charge is 0.119 e. The van der Waals surface area contributed by atoms with Crippen LogP contribution in [0, 0.1) is 13.8 Å². The minimum atomic E-state index is -0.530. The fourth-order valence-electron chi connectivity index (χ4n) is 1.84. The summed E-state index contributed by atoms with van der Waals surface area (Å²) in [4.78, 5) is 4.18. The summed E-state index contributed by atoms with van der Waals surface area (Å²) in [6.07, 6.45) is 1.74. The summed E-state index contributed by atoms with van der Waals surface area (Å²) in [5.41, 5.74) is 2.95. The van der Waals surface area contributed by atoms with E-state index in [-0.39, 0.29) is 0 Å². The van der Waals surface area contributed by atoms with Gasteiger partial charge in [0.2, 0.25) is 0 Å². The van der Waals surface area contributed by atoms with Gasteiger partial charge in [-0.15, -0.1) is 0 Å². The highest BCUT2D eigenvalue weighted by Gasteiger charge is 2.08. The van der Waals surface area contributed by atoms with Gasteiger partial charge in [0.25, 0.3) is 0 Å². The summed E-state index contributed by atoms with van der Waals surface area (Å²) < 4.78 is 5.62. The Hall–Kier alpha value is -1.87. The first-order valence-electron chi connectivity index (χ1n) is 6.45. The van der Waals surface area contributed by atoms with Gasteiger partial charge in [-0.1, -0.05) is 18.2 Å². The highest BCUT2D eigenvalue weighted by molar-refractivity contribution is 5.27. The zero-order chi connectivity index (χ0) is 13.7. The Morgan fingerprint density at radius 1 is 1.21 bits per heavy atom. The van der Waals surface area contributed by atoms with E-state index < -0.39 is 6.10 Å². The summed E-state index contributed by atoms with van der Waals surface area (Å²) in [5.74, 6) is 0.842. The largest absolute Gasteiger partial charge is 0.493 e. The van der Waals surface area contributed by atoms with Gasteiger partial charge >= 0.3 is 0 Å². The third-order valence-corrected chi connectivity index (χ3v) is 2.97. The molecule has 2 aromatic rings. The Morgan fingerprint density at radius 2 is 2.05 bits per heavy atom. The molecule has 19 heavy (non-hydrogen) atoms. The van der Waals surface area contributed by atoms with Gasteiger partial charge in [0.1, 0.15) is 5.75 Å². The molecule has 0 amide bonds. The molecule has 0 aliphatic heterocycles. The van der Waals surface area contributed by atoms with Crippen molar-refractivity contribution < 1.29 is 9.84 Å². The second-order valence-electron chi connectivity index (χ2n) is 4.70. The molecule has 1 unspecified atom stereocenters. The number of aliphatic hydroxyl groups is 1. The van der Waals surface area contributed by atoms with Crippen molar-refractivity contribution in [1.82, 2.24) is 4.98 Å². The van der Waals surface area contributed by atoms with Crippen LogP contribution in [0.5, 0.6) is 5.75 Å². The lowest BCUT2D eigenvalue weighted by Gasteiger charge is -2.12. The summed E-state index contributed by atoms with van der Waals surface area (Å²) in [6, 6.07) is 11.7. The molecule has 0 aliphatic carbocycles. The number of aromatic nitrogens is 1. The molecule has 0 saturated carbocycles. The number of rotatable bonds is 5. The second-order valence-corrected chi connectivity index (χ2v) is 4.70. The Bertz CT molecular complexity index is 523. The summed E-state index contributed by atoms with van der Waals surface area (Å²) in [5, 5.41) is 10.0. The second kappa shape index (κ2) is 6.34. The van der Waals surface area contributed by atoms with E-state index in [4.69, 9.17) is 4.74 Å². The molecule has 0 saturated heterocycles. The predicted octanol–water partition coefficient (Wildman–Crippen LogP) is 3.20. The first-order valence-corrected chi connectivity index (χ1v) is 6.45. The van der Waals surface area contributed by atoms with Crippen LogP contribution in [0.15, 0.2) is 42.6 Å². The number of nitrogens with zero attached hydrogens (tertiary/aromatic N) is 1. The Balaban J connectivity index is 1.84. The molecule has 1 atom stereocenters. The molecular weight excluding hydrogens is 238 g/mol. The third kappa shape index (κ3) is 4.07. The Labute approximate surface area is 113 Å².